The molecular formula is C24H21ClN2O4S. The zero-order valence-electron chi connectivity index (χ0n) is 17.6. The van der Waals surface area contributed by atoms with Crippen molar-refractivity contribution in [2.24, 2.45) is 0 Å². The molecule has 1 atom stereocenters. The molecule has 0 aliphatic carbocycles. The molecule has 0 radical (unpaired) electrons. The molecule has 3 aromatic rings. The number of rotatable bonds is 6. The van der Waals surface area contributed by atoms with Gasteiger partial charge in [0.1, 0.15) is 6.04 Å². The lowest BCUT2D eigenvalue weighted by molar-refractivity contribution is -0.150. The van der Waals surface area contributed by atoms with E-state index in [-0.39, 0.29) is 11.5 Å². The standard InChI is InChI=1S/C24H21ClN2O4S/c1-3-31-23(29)15(2)27-22(28)21(32-24(27)30)12-17-14-26(20-7-5-4-6-19(17)20)13-16-8-10-18(25)11-9-16/h4-12,14-15H,3,13H2,1-2H3/b21-12+/t15-/m0/s1. The maximum atomic E-state index is 12.9. The van der Waals surface area contributed by atoms with Crippen LogP contribution < -0.4 is 0 Å². The minimum atomic E-state index is -0.973. The molecule has 1 aliphatic heterocycles. The van der Waals surface area contributed by atoms with Gasteiger partial charge in [0.05, 0.1) is 11.5 Å². The lowest BCUT2D eigenvalue weighted by Gasteiger charge is -2.19. The number of carbonyl (C=O) groups excluding carboxylic acids is 3. The van der Waals surface area contributed by atoms with Gasteiger partial charge in [-0.05, 0) is 55.4 Å². The van der Waals surface area contributed by atoms with Crippen molar-refractivity contribution in [3.63, 3.8) is 0 Å². The molecule has 4 rings (SSSR count). The van der Waals surface area contributed by atoms with E-state index in [1.165, 1.54) is 6.92 Å². The molecule has 0 unspecified atom stereocenters. The molecule has 0 N–H and O–H groups in total. The molecule has 6 nitrogen and oxygen atoms in total. The van der Waals surface area contributed by atoms with E-state index in [1.807, 2.05) is 54.7 Å². The molecule has 164 valence electrons. The average molecular weight is 469 g/mol. The Labute approximate surface area is 194 Å². The van der Waals surface area contributed by atoms with Crippen LogP contribution in [0, 0.1) is 0 Å². The molecule has 8 heteroatoms. The van der Waals surface area contributed by atoms with Crippen molar-refractivity contribution in [1.82, 2.24) is 9.47 Å². The Balaban J connectivity index is 1.67. The molecule has 2 aromatic carbocycles. The number of ether oxygens (including phenoxy) is 1. The van der Waals surface area contributed by atoms with Crippen molar-refractivity contribution < 1.29 is 19.1 Å². The van der Waals surface area contributed by atoms with Gasteiger partial charge in [0, 0.05) is 34.2 Å². The van der Waals surface area contributed by atoms with Crippen LogP contribution in [0.3, 0.4) is 0 Å². The number of hydrogen-bond donors (Lipinski definition) is 0. The van der Waals surface area contributed by atoms with Crippen LogP contribution in [0.5, 0.6) is 0 Å². The van der Waals surface area contributed by atoms with Crippen molar-refractivity contribution in [2.45, 2.75) is 26.4 Å². The minimum Gasteiger partial charge on any atom is -0.464 e. The van der Waals surface area contributed by atoms with Crippen LogP contribution >= 0.6 is 23.4 Å². The molecule has 2 heterocycles. The topological polar surface area (TPSA) is 68.6 Å². The summed E-state index contributed by atoms with van der Waals surface area (Å²) >= 11 is 6.83. The highest BCUT2D eigenvalue weighted by Gasteiger charge is 2.41. The third kappa shape index (κ3) is 4.31. The fourth-order valence-electron chi connectivity index (χ4n) is 3.63. The van der Waals surface area contributed by atoms with Gasteiger partial charge >= 0.3 is 5.97 Å². The highest BCUT2D eigenvalue weighted by molar-refractivity contribution is 8.18. The molecule has 0 saturated carbocycles. The number of benzene rings is 2. The van der Waals surface area contributed by atoms with E-state index in [9.17, 15) is 14.4 Å². The predicted octanol–water partition coefficient (Wildman–Crippen LogP) is 5.33. The van der Waals surface area contributed by atoms with E-state index in [1.54, 1.807) is 13.0 Å². The number of fused-ring (bicyclic) bond motifs is 1. The van der Waals surface area contributed by atoms with Crippen LogP contribution in [-0.2, 0) is 20.9 Å². The van der Waals surface area contributed by atoms with Crippen LogP contribution in [0.15, 0.2) is 59.6 Å². The van der Waals surface area contributed by atoms with Gasteiger partial charge in [-0.3, -0.25) is 14.5 Å². The SMILES string of the molecule is CCOC(=O)[C@H](C)N1C(=O)S/C(=C/c2cn(Cc3ccc(Cl)cc3)c3ccccc23)C1=O. The van der Waals surface area contributed by atoms with Crippen molar-refractivity contribution in [3.05, 3.63) is 75.8 Å². The Morgan fingerprint density at radius 1 is 1.16 bits per heavy atom. The summed E-state index contributed by atoms with van der Waals surface area (Å²) in [4.78, 5) is 38.7. The van der Waals surface area contributed by atoms with E-state index in [0.29, 0.717) is 11.6 Å². The Hall–Kier alpha value is -3.03. The zero-order chi connectivity index (χ0) is 22.8. The van der Waals surface area contributed by atoms with Crippen molar-refractivity contribution in [3.8, 4) is 0 Å². The molecule has 0 spiro atoms. The second-order valence-electron chi connectivity index (χ2n) is 7.34. The first kappa shape index (κ1) is 22.2. The number of thioether (sulfide) groups is 1. The van der Waals surface area contributed by atoms with Crippen LogP contribution in [0.4, 0.5) is 4.79 Å². The van der Waals surface area contributed by atoms with Gasteiger partial charge in [-0.25, -0.2) is 4.79 Å². The largest absolute Gasteiger partial charge is 0.464 e. The van der Waals surface area contributed by atoms with Crippen LogP contribution in [0.25, 0.3) is 17.0 Å². The van der Waals surface area contributed by atoms with Gasteiger partial charge in [0.25, 0.3) is 11.1 Å². The van der Waals surface area contributed by atoms with E-state index >= 15 is 0 Å². The molecular weight excluding hydrogens is 448 g/mol. The maximum Gasteiger partial charge on any atom is 0.329 e. The van der Waals surface area contributed by atoms with Gasteiger partial charge in [-0.1, -0.05) is 41.9 Å². The summed E-state index contributed by atoms with van der Waals surface area (Å²) in [6, 6.07) is 14.5. The van der Waals surface area contributed by atoms with Gasteiger partial charge < -0.3 is 9.30 Å². The predicted molar refractivity (Wildman–Crippen MR) is 126 cm³/mol. The Kier molecular flexibility index (Phi) is 6.39. The van der Waals surface area contributed by atoms with E-state index < -0.39 is 23.2 Å². The van der Waals surface area contributed by atoms with Crippen molar-refractivity contribution >= 4 is 57.5 Å². The fraction of sp³-hybridized carbons (Fsp3) is 0.208. The molecule has 1 saturated heterocycles. The smallest absolute Gasteiger partial charge is 0.329 e. The fourth-order valence-corrected chi connectivity index (χ4v) is 4.66. The van der Waals surface area contributed by atoms with E-state index in [4.69, 9.17) is 16.3 Å². The minimum absolute atomic E-state index is 0.183. The van der Waals surface area contributed by atoms with Crippen molar-refractivity contribution in [1.29, 1.82) is 0 Å². The summed E-state index contributed by atoms with van der Waals surface area (Å²) in [5, 5.41) is 1.16. The second kappa shape index (κ2) is 9.22. The van der Waals surface area contributed by atoms with Crippen LogP contribution in [-0.4, -0.2) is 39.2 Å². The highest BCUT2D eigenvalue weighted by atomic mass is 35.5. The summed E-state index contributed by atoms with van der Waals surface area (Å²) in [7, 11) is 0. The monoisotopic (exact) mass is 468 g/mol. The lowest BCUT2D eigenvalue weighted by atomic mass is 10.1. The van der Waals surface area contributed by atoms with Gasteiger partial charge in [0.2, 0.25) is 0 Å². The summed E-state index contributed by atoms with van der Waals surface area (Å²) in [5.41, 5.74) is 2.92. The number of imide groups is 1. The summed E-state index contributed by atoms with van der Waals surface area (Å²) in [5.74, 6) is -1.09. The van der Waals surface area contributed by atoms with E-state index in [2.05, 4.69) is 4.57 Å². The second-order valence-corrected chi connectivity index (χ2v) is 8.77. The Morgan fingerprint density at radius 3 is 2.59 bits per heavy atom. The van der Waals surface area contributed by atoms with E-state index in [0.717, 1.165) is 38.7 Å². The summed E-state index contributed by atoms with van der Waals surface area (Å²) < 4.78 is 7.06. The normalized spacial score (nSPS) is 16.2. The van der Waals surface area contributed by atoms with Gasteiger partial charge in [0.15, 0.2) is 0 Å². The van der Waals surface area contributed by atoms with Gasteiger partial charge in [-0.2, -0.15) is 0 Å². The third-order valence-corrected chi connectivity index (χ3v) is 6.35. The number of amides is 2. The maximum absolute atomic E-state index is 12.9. The average Bonchev–Trinajstić information content (AvgIpc) is 3.26. The highest BCUT2D eigenvalue weighted by Crippen LogP contribution is 2.35. The third-order valence-electron chi connectivity index (χ3n) is 5.21. The number of nitrogens with zero attached hydrogens (tertiary/aromatic N) is 2. The number of para-hydroxylation sites is 1. The zero-order valence-corrected chi connectivity index (χ0v) is 19.2. The van der Waals surface area contributed by atoms with Crippen LogP contribution in [0.2, 0.25) is 5.02 Å². The number of carbonyl (C=O) groups is 3. The summed E-state index contributed by atoms with van der Waals surface area (Å²) in [6.07, 6.45) is 3.67. The quantitative estimate of drug-likeness (QED) is 0.361. The first-order chi connectivity index (χ1) is 15.4. The van der Waals surface area contributed by atoms with Gasteiger partial charge in [-0.15, -0.1) is 0 Å². The summed E-state index contributed by atoms with van der Waals surface area (Å²) in [6.45, 7) is 3.99. The number of halogens is 1. The first-order valence-corrected chi connectivity index (χ1v) is 11.3. The molecule has 1 fully saturated rings. The molecule has 1 aromatic heterocycles. The molecule has 1 aliphatic rings. The number of esters is 1. The number of hydrogen-bond acceptors (Lipinski definition) is 5. The Bertz CT molecular complexity index is 1230. The lowest BCUT2D eigenvalue weighted by Crippen LogP contribution is -2.42. The molecule has 0 bridgehead atoms. The van der Waals surface area contributed by atoms with Crippen molar-refractivity contribution in [2.75, 3.05) is 6.61 Å². The first-order valence-electron chi connectivity index (χ1n) is 10.1. The Morgan fingerprint density at radius 2 is 1.88 bits per heavy atom. The number of aromatic nitrogens is 1. The molecule has 32 heavy (non-hydrogen) atoms. The molecule has 2 amide bonds. The van der Waals surface area contributed by atoms with Crippen LogP contribution in [0.1, 0.15) is 25.0 Å².